The van der Waals surface area contributed by atoms with Crippen LogP contribution in [0.15, 0.2) is 41.7 Å². The van der Waals surface area contributed by atoms with Gasteiger partial charge in [0.15, 0.2) is 0 Å². The lowest BCUT2D eigenvalue weighted by Gasteiger charge is -2.17. The molecule has 30 heavy (non-hydrogen) atoms. The van der Waals surface area contributed by atoms with Crippen molar-refractivity contribution in [2.24, 2.45) is 11.1 Å². The quantitative estimate of drug-likeness (QED) is 0.239. The lowest BCUT2D eigenvalue weighted by Crippen LogP contribution is -2.22. The number of likely N-dealkylation sites (tertiary alicyclic amines) is 1. The monoisotopic (exact) mass is 435 g/mol. The number of rotatable bonds is 9. The number of oxime groups is 1. The van der Waals surface area contributed by atoms with Crippen LogP contribution in [0.1, 0.15) is 33.5 Å². The Morgan fingerprint density at radius 1 is 1.23 bits per heavy atom. The van der Waals surface area contributed by atoms with Gasteiger partial charge in [-0.25, -0.2) is 4.98 Å². The van der Waals surface area contributed by atoms with Crippen molar-refractivity contribution in [3.05, 3.63) is 58.8 Å². The second-order valence-electron chi connectivity index (χ2n) is 7.11. The van der Waals surface area contributed by atoms with Crippen molar-refractivity contribution in [2.75, 3.05) is 19.7 Å². The minimum Gasteiger partial charge on any atom is -0.477 e. The third kappa shape index (κ3) is 6.24. The predicted molar refractivity (Wildman–Crippen MR) is 113 cm³/mol. The number of aromatic nitrogens is 1. The van der Waals surface area contributed by atoms with Crippen LogP contribution in [0.25, 0.3) is 0 Å². The number of carbonyl (C=O) groups is 1. The maximum absolute atomic E-state index is 11.6. The van der Waals surface area contributed by atoms with E-state index in [4.69, 9.17) is 9.94 Å². The average molecular weight is 436 g/mol. The molecule has 0 bridgehead atoms. The molecule has 3 rings (SSSR count). The number of aliphatic hydroxyl groups is 2. The number of hydrogen-bond acceptors (Lipinski definition) is 8. The third-order valence-electron chi connectivity index (χ3n) is 5.05. The molecule has 1 unspecified atom stereocenters. The Kier molecular flexibility index (Phi) is 9.19. The zero-order valence-corrected chi connectivity index (χ0v) is 17.3. The van der Waals surface area contributed by atoms with Gasteiger partial charge < -0.3 is 20.2 Å². The number of halogens is 1. The van der Waals surface area contributed by atoms with Crippen LogP contribution < -0.4 is 4.74 Å². The summed E-state index contributed by atoms with van der Waals surface area (Å²) in [6.07, 6.45) is 3.24. The molecule has 9 heteroatoms. The fourth-order valence-electron chi connectivity index (χ4n) is 3.47. The van der Waals surface area contributed by atoms with Crippen LogP contribution in [-0.2, 0) is 19.8 Å². The van der Waals surface area contributed by atoms with E-state index in [2.05, 4.69) is 15.0 Å². The van der Waals surface area contributed by atoms with Crippen molar-refractivity contribution in [2.45, 2.75) is 26.2 Å². The zero-order valence-electron chi connectivity index (χ0n) is 16.5. The molecule has 1 aliphatic heterocycles. The summed E-state index contributed by atoms with van der Waals surface area (Å²) in [7, 11) is 0. The lowest BCUT2D eigenvalue weighted by atomic mass is 10.0. The average Bonchev–Trinajstić information content (AvgIpc) is 3.20. The Bertz CT molecular complexity index is 860. The molecule has 2 heterocycles. The van der Waals surface area contributed by atoms with E-state index in [-0.39, 0.29) is 25.6 Å². The number of nitrogens with zero attached hydrogens (tertiary/aromatic N) is 3. The second kappa shape index (κ2) is 11.6. The Balaban J connectivity index is 0.00000320. The minimum atomic E-state index is -0.422. The van der Waals surface area contributed by atoms with Gasteiger partial charge in [-0.2, -0.15) is 0 Å². The number of hydrogen-bond donors (Lipinski definition) is 3. The van der Waals surface area contributed by atoms with Gasteiger partial charge in [0.2, 0.25) is 11.7 Å². The van der Waals surface area contributed by atoms with Gasteiger partial charge in [-0.3, -0.25) is 9.69 Å². The number of ketones is 1. The Morgan fingerprint density at radius 3 is 2.70 bits per heavy atom. The summed E-state index contributed by atoms with van der Waals surface area (Å²) < 4.78 is 5.76. The number of benzene rings is 1. The largest absolute Gasteiger partial charge is 0.477 e. The predicted octanol–water partition coefficient (Wildman–Crippen LogP) is 2.03. The van der Waals surface area contributed by atoms with Crippen molar-refractivity contribution in [3.8, 4) is 5.88 Å². The van der Waals surface area contributed by atoms with E-state index in [1.807, 2.05) is 18.2 Å². The summed E-state index contributed by atoms with van der Waals surface area (Å²) in [6.45, 7) is 3.05. The summed E-state index contributed by atoms with van der Waals surface area (Å²) in [6, 6.07) is 9.02. The van der Waals surface area contributed by atoms with Crippen LogP contribution in [0.4, 0.5) is 0 Å². The van der Waals surface area contributed by atoms with E-state index in [0.29, 0.717) is 24.0 Å². The third-order valence-corrected chi connectivity index (χ3v) is 5.05. The highest BCUT2D eigenvalue weighted by atomic mass is 35.5. The molecule has 162 valence electrons. The SMILES string of the molecule is Cl.O=C(/C=N/O)c1ccc(OCC2CCN(Cc3ccc(CO)c(CO)c3)C2)nc1. The van der Waals surface area contributed by atoms with Crippen molar-refractivity contribution in [1.82, 2.24) is 9.88 Å². The minimum absolute atomic E-state index is 0. The first-order chi connectivity index (χ1) is 14.1. The highest BCUT2D eigenvalue weighted by Gasteiger charge is 2.23. The van der Waals surface area contributed by atoms with Crippen molar-refractivity contribution in [1.29, 1.82) is 0 Å². The standard InChI is InChI=1S/C21H25N3O5.ClH/c25-12-18-2-1-15(7-19(18)13-26)10-24-6-5-16(11-24)14-29-21-4-3-17(8-22-21)20(27)9-23-28;/h1-4,7-9,16,25-26,28H,5-6,10-14H2;1H/b23-9+;. The van der Waals surface area contributed by atoms with Crippen LogP contribution in [-0.4, -0.2) is 57.0 Å². The Labute approximate surface area is 181 Å². The maximum Gasteiger partial charge on any atom is 0.213 e. The molecule has 1 atom stereocenters. The molecule has 0 amide bonds. The summed E-state index contributed by atoms with van der Waals surface area (Å²) in [5, 5.41) is 29.9. The molecule has 1 fully saturated rings. The first-order valence-corrected chi connectivity index (χ1v) is 9.48. The maximum atomic E-state index is 11.6. The summed E-state index contributed by atoms with van der Waals surface area (Å²) >= 11 is 0. The zero-order chi connectivity index (χ0) is 20.6. The van der Waals surface area contributed by atoms with Crippen LogP contribution >= 0.6 is 12.4 Å². The lowest BCUT2D eigenvalue weighted by molar-refractivity contribution is 0.106. The number of pyridine rings is 1. The first kappa shape index (κ1) is 23.8. The Morgan fingerprint density at radius 2 is 2.03 bits per heavy atom. The van der Waals surface area contributed by atoms with Gasteiger partial charge in [0, 0.05) is 36.8 Å². The van der Waals surface area contributed by atoms with Gasteiger partial charge in [0.1, 0.15) is 6.21 Å². The summed E-state index contributed by atoms with van der Waals surface area (Å²) in [5.41, 5.74) is 2.97. The van der Waals surface area contributed by atoms with Crippen LogP contribution in [0, 0.1) is 5.92 Å². The van der Waals surface area contributed by atoms with E-state index in [1.54, 1.807) is 12.1 Å². The van der Waals surface area contributed by atoms with E-state index in [9.17, 15) is 15.0 Å². The highest BCUT2D eigenvalue weighted by molar-refractivity contribution is 6.35. The van der Waals surface area contributed by atoms with Crippen LogP contribution in [0.2, 0.25) is 0 Å². The van der Waals surface area contributed by atoms with Crippen LogP contribution in [0.5, 0.6) is 5.88 Å². The number of aliphatic hydroxyl groups excluding tert-OH is 2. The molecule has 8 nitrogen and oxygen atoms in total. The molecule has 1 aromatic heterocycles. The first-order valence-electron chi connectivity index (χ1n) is 9.48. The smallest absolute Gasteiger partial charge is 0.213 e. The summed E-state index contributed by atoms with van der Waals surface area (Å²) in [4.78, 5) is 18.0. The molecule has 1 aliphatic rings. The van der Waals surface area contributed by atoms with Crippen molar-refractivity contribution in [3.63, 3.8) is 0 Å². The molecule has 0 aliphatic carbocycles. The fraction of sp³-hybridized carbons (Fsp3) is 0.381. The van der Waals surface area contributed by atoms with Gasteiger partial charge in [0.05, 0.1) is 19.8 Å². The molecular weight excluding hydrogens is 410 g/mol. The molecule has 0 saturated carbocycles. The number of Topliss-reactive ketones (excluding diaryl/α,β-unsaturated/α-hetero) is 1. The molecular formula is C21H26ClN3O5. The number of ether oxygens (including phenoxy) is 1. The summed E-state index contributed by atoms with van der Waals surface area (Å²) in [5.74, 6) is 0.413. The van der Waals surface area contributed by atoms with Crippen molar-refractivity contribution < 1.29 is 25.0 Å². The molecule has 1 saturated heterocycles. The van der Waals surface area contributed by atoms with E-state index in [1.165, 1.54) is 6.20 Å². The van der Waals surface area contributed by atoms with E-state index in [0.717, 1.165) is 49.0 Å². The normalized spacial score (nSPS) is 16.5. The highest BCUT2D eigenvalue weighted by Crippen LogP contribution is 2.21. The van der Waals surface area contributed by atoms with Gasteiger partial charge in [-0.15, -0.1) is 12.4 Å². The molecule has 1 aromatic carbocycles. The second-order valence-corrected chi connectivity index (χ2v) is 7.11. The van der Waals surface area contributed by atoms with E-state index < -0.39 is 5.78 Å². The van der Waals surface area contributed by atoms with Crippen molar-refractivity contribution >= 4 is 24.4 Å². The fourth-order valence-corrected chi connectivity index (χ4v) is 3.47. The molecule has 0 radical (unpaired) electrons. The molecule has 3 N–H and O–H groups in total. The van der Waals surface area contributed by atoms with Gasteiger partial charge in [-0.1, -0.05) is 23.4 Å². The molecule has 0 spiro atoms. The molecule has 2 aromatic rings. The van der Waals surface area contributed by atoms with E-state index >= 15 is 0 Å². The van der Waals surface area contributed by atoms with Gasteiger partial charge >= 0.3 is 0 Å². The van der Waals surface area contributed by atoms with Gasteiger partial charge in [-0.05, 0) is 35.7 Å². The topological polar surface area (TPSA) is 115 Å². The van der Waals surface area contributed by atoms with Crippen LogP contribution in [0.3, 0.4) is 0 Å². The number of carbonyl (C=O) groups excluding carboxylic acids is 1. The van der Waals surface area contributed by atoms with Gasteiger partial charge in [0.25, 0.3) is 0 Å². The Hall–Kier alpha value is -2.52.